The summed E-state index contributed by atoms with van der Waals surface area (Å²) in [6.45, 7) is 10.3. The van der Waals surface area contributed by atoms with Crippen LogP contribution in [0.3, 0.4) is 0 Å². The molecule has 1 aromatic carbocycles. The molecule has 1 aliphatic rings. The van der Waals surface area contributed by atoms with Gasteiger partial charge in [-0.1, -0.05) is 17.7 Å². The fraction of sp³-hybridized carbons (Fsp3) is 0.611. The van der Waals surface area contributed by atoms with Crippen LogP contribution in [-0.4, -0.2) is 25.3 Å². The maximum atomic E-state index is 11.6. The molecule has 1 aromatic rings. The van der Waals surface area contributed by atoms with E-state index >= 15 is 0 Å². The number of aryl methyl sites for hydroxylation is 3. The van der Waals surface area contributed by atoms with Gasteiger partial charge in [-0.25, -0.2) is 4.79 Å². The van der Waals surface area contributed by atoms with Crippen molar-refractivity contribution in [1.29, 1.82) is 0 Å². The number of alkyl carbamates (subject to hydrolysis) is 1. The second-order valence-electron chi connectivity index (χ2n) is 6.32. The molecule has 0 heterocycles. The van der Waals surface area contributed by atoms with Crippen LogP contribution >= 0.6 is 0 Å². The molecule has 0 aromatic heterocycles. The van der Waals surface area contributed by atoms with Gasteiger partial charge in [-0.3, -0.25) is 0 Å². The number of hydrogen-bond donors (Lipinski definition) is 2. The molecular weight excluding hydrogens is 276 g/mol. The van der Waals surface area contributed by atoms with Crippen molar-refractivity contribution in [3.8, 4) is 0 Å². The largest absolute Gasteiger partial charge is 0.450 e. The van der Waals surface area contributed by atoms with Gasteiger partial charge in [-0.2, -0.15) is 0 Å². The molecule has 0 unspecified atom stereocenters. The summed E-state index contributed by atoms with van der Waals surface area (Å²) in [6.07, 6.45) is 2.09. The molecule has 1 fully saturated rings. The van der Waals surface area contributed by atoms with Gasteiger partial charge in [0.15, 0.2) is 0 Å². The van der Waals surface area contributed by atoms with Crippen molar-refractivity contribution in [1.82, 2.24) is 10.6 Å². The number of nitrogens with one attached hydrogen (secondary N) is 2. The Morgan fingerprint density at radius 1 is 1.27 bits per heavy atom. The van der Waals surface area contributed by atoms with E-state index in [0.717, 1.165) is 13.1 Å². The summed E-state index contributed by atoms with van der Waals surface area (Å²) in [5.74, 6) is 0.595. The summed E-state index contributed by atoms with van der Waals surface area (Å²) in [5.41, 5.74) is 5.31. The summed E-state index contributed by atoms with van der Waals surface area (Å²) in [5, 5.41) is 6.48. The van der Waals surface area contributed by atoms with Crippen LogP contribution in [0.1, 0.15) is 42.0 Å². The van der Waals surface area contributed by atoms with E-state index < -0.39 is 0 Å². The Bertz CT molecular complexity index is 501. The summed E-state index contributed by atoms with van der Waals surface area (Å²) in [6, 6.07) is 4.61. The molecule has 22 heavy (non-hydrogen) atoms. The van der Waals surface area contributed by atoms with Gasteiger partial charge < -0.3 is 15.4 Å². The van der Waals surface area contributed by atoms with Crippen molar-refractivity contribution in [2.45, 2.75) is 53.1 Å². The summed E-state index contributed by atoms with van der Waals surface area (Å²) >= 11 is 0. The zero-order valence-corrected chi connectivity index (χ0v) is 14.2. The number of carbonyl (C=O) groups is 1. The number of ether oxygens (including phenoxy) is 1. The van der Waals surface area contributed by atoms with E-state index in [4.69, 9.17) is 4.74 Å². The van der Waals surface area contributed by atoms with Crippen LogP contribution in [0.2, 0.25) is 0 Å². The Balaban J connectivity index is 1.87. The van der Waals surface area contributed by atoms with Gasteiger partial charge in [0.25, 0.3) is 0 Å². The molecule has 0 saturated heterocycles. The van der Waals surface area contributed by atoms with Crippen molar-refractivity contribution in [3.63, 3.8) is 0 Å². The molecule has 122 valence electrons. The quantitative estimate of drug-likeness (QED) is 0.813. The molecule has 0 spiro atoms. The lowest BCUT2D eigenvalue weighted by atomic mass is 10.00. The summed E-state index contributed by atoms with van der Waals surface area (Å²) < 4.78 is 4.99. The summed E-state index contributed by atoms with van der Waals surface area (Å²) in [4.78, 5) is 11.6. The van der Waals surface area contributed by atoms with E-state index in [0.29, 0.717) is 12.5 Å². The molecule has 1 aliphatic carbocycles. The minimum absolute atomic E-state index is 0.171. The van der Waals surface area contributed by atoms with Crippen LogP contribution in [0.4, 0.5) is 4.79 Å². The van der Waals surface area contributed by atoms with Crippen molar-refractivity contribution in [2.75, 3.05) is 13.2 Å². The van der Waals surface area contributed by atoms with Crippen LogP contribution in [0.25, 0.3) is 0 Å². The zero-order valence-electron chi connectivity index (χ0n) is 14.2. The molecule has 2 rings (SSSR count). The Morgan fingerprint density at radius 2 is 1.91 bits per heavy atom. The van der Waals surface area contributed by atoms with Crippen LogP contribution < -0.4 is 10.6 Å². The second-order valence-corrected chi connectivity index (χ2v) is 6.32. The first-order chi connectivity index (χ1) is 10.5. The molecule has 0 radical (unpaired) electrons. The predicted octanol–water partition coefficient (Wildman–Crippen LogP) is 3.23. The fourth-order valence-corrected chi connectivity index (χ4v) is 3.00. The van der Waals surface area contributed by atoms with Gasteiger partial charge in [-0.05, 0) is 63.1 Å². The Kier molecular flexibility index (Phi) is 5.83. The number of rotatable bonds is 7. The lowest BCUT2D eigenvalue weighted by Crippen LogP contribution is -2.43. The van der Waals surface area contributed by atoms with E-state index in [1.165, 1.54) is 35.1 Å². The maximum absolute atomic E-state index is 11.6. The number of amides is 1. The lowest BCUT2D eigenvalue weighted by Gasteiger charge is -2.19. The van der Waals surface area contributed by atoms with Gasteiger partial charge in [0.1, 0.15) is 0 Å². The molecule has 0 aliphatic heterocycles. The van der Waals surface area contributed by atoms with E-state index in [1.54, 1.807) is 0 Å². The third-order valence-corrected chi connectivity index (χ3v) is 4.28. The van der Waals surface area contributed by atoms with Gasteiger partial charge >= 0.3 is 6.09 Å². The molecule has 1 amide bonds. The second kappa shape index (κ2) is 7.63. The average Bonchev–Trinajstić information content (AvgIpc) is 3.25. The van der Waals surface area contributed by atoms with Crippen LogP contribution in [0, 0.1) is 26.7 Å². The number of benzene rings is 1. The Labute approximate surface area is 133 Å². The lowest BCUT2D eigenvalue weighted by molar-refractivity contribution is 0.146. The van der Waals surface area contributed by atoms with Gasteiger partial charge in [-0.15, -0.1) is 0 Å². The van der Waals surface area contributed by atoms with E-state index in [1.807, 2.05) is 6.92 Å². The smallest absolute Gasteiger partial charge is 0.407 e. The third-order valence-electron chi connectivity index (χ3n) is 4.28. The Morgan fingerprint density at radius 3 is 2.45 bits per heavy atom. The highest BCUT2D eigenvalue weighted by molar-refractivity contribution is 5.67. The highest BCUT2D eigenvalue weighted by atomic mass is 16.5. The first-order valence-corrected chi connectivity index (χ1v) is 8.22. The highest BCUT2D eigenvalue weighted by Gasteiger charge is 2.32. The molecule has 2 N–H and O–H groups in total. The van der Waals surface area contributed by atoms with Gasteiger partial charge in [0.2, 0.25) is 0 Å². The van der Waals surface area contributed by atoms with E-state index in [9.17, 15) is 4.79 Å². The molecule has 1 saturated carbocycles. The number of hydrogen-bond acceptors (Lipinski definition) is 3. The maximum Gasteiger partial charge on any atom is 0.407 e. The molecule has 0 bridgehead atoms. The normalized spacial score (nSPS) is 15.5. The highest BCUT2D eigenvalue weighted by Crippen LogP contribution is 2.32. The van der Waals surface area contributed by atoms with Crippen molar-refractivity contribution in [3.05, 3.63) is 34.4 Å². The van der Waals surface area contributed by atoms with E-state index in [2.05, 4.69) is 43.5 Å². The molecule has 4 nitrogen and oxygen atoms in total. The topological polar surface area (TPSA) is 50.4 Å². The predicted molar refractivity (Wildman–Crippen MR) is 89.0 cm³/mol. The third kappa shape index (κ3) is 4.73. The first kappa shape index (κ1) is 16.8. The SMILES string of the molecule is CCOC(=O)N[C@H](CNCc1c(C)cc(C)cc1C)C1CC1. The van der Waals surface area contributed by atoms with Crippen LogP contribution in [0.15, 0.2) is 12.1 Å². The molecule has 1 atom stereocenters. The first-order valence-electron chi connectivity index (χ1n) is 8.22. The number of carbonyl (C=O) groups excluding carboxylic acids is 1. The van der Waals surface area contributed by atoms with E-state index in [-0.39, 0.29) is 12.1 Å². The monoisotopic (exact) mass is 304 g/mol. The Hall–Kier alpha value is -1.55. The average molecular weight is 304 g/mol. The molecule has 4 heteroatoms. The standard InChI is InChI=1S/C18H28N2O2/c1-5-22-18(21)20-17(15-6-7-15)11-19-10-16-13(3)8-12(2)9-14(16)4/h8-9,15,17,19H,5-7,10-11H2,1-4H3,(H,20,21)/t17-/m1/s1. The van der Waals surface area contributed by atoms with Crippen LogP contribution in [-0.2, 0) is 11.3 Å². The summed E-state index contributed by atoms with van der Waals surface area (Å²) in [7, 11) is 0. The minimum atomic E-state index is -0.302. The minimum Gasteiger partial charge on any atom is -0.450 e. The zero-order chi connectivity index (χ0) is 16.1. The van der Waals surface area contributed by atoms with Crippen LogP contribution in [0.5, 0.6) is 0 Å². The van der Waals surface area contributed by atoms with Crippen molar-refractivity contribution >= 4 is 6.09 Å². The van der Waals surface area contributed by atoms with Crippen molar-refractivity contribution in [2.24, 2.45) is 5.92 Å². The van der Waals surface area contributed by atoms with Gasteiger partial charge in [0.05, 0.1) is 6.61 Å². The molecular formula is C18H28N2O2. The van der Waals surface area contributed by atoms with Gasteiger partial charge in [0, 0.05) is 19.1 Å². The fourth-order valence-electron chi connectivity index (χ4n) is 3.00. The van der Waals surface area contributed by atoms with Crippen molar-refractivity contribution < 1.29 is 9.53 Å².